The van der Waals surface area contributed by atoms with Crippen molar-refractivity contribution < 1.29 is 4.52 Å². The molecule has 1 unspecified atom stereocenters. The molecular formula is C17H19N7O. The lowest BCUT2D eigenvalue weighted by molar-refractivity contribution is 0.359. The number of nitrogens with one attached hydrogen (secondary N) is 2. The average Bonchev–Trinajstić information content (AvgIpc) is 3.34. The van der Waals surface area contributed by atoms with Crippen LogP contribution in [0.5, 0.6) is 0 Å². The van der Waals surface area contributed by atoms with Crippen LogP contribution in [-0.4, -0.2) is 35.7 Å². The van der Waals surface area contributed by atoms with Crippen LogP contribution < -0.4 is 0 Å². The molecule has 25 heavy (non-hydrogen) atoms. The van der Waals surface area contributed by atoms with Crippen LogP contribution in [0.3, 0.4) is 0 Å². The number of para-hydroxylation sites is 1. The maximum absolute atomic E-state index is 5.47. The van der Waals surface area contributed by atoms with Crippen LogP contribution in [0.4, 0.5) is 0 Å². The van der Waals surface area contributed by atoms with E-state index in [1.165, 1.54) is 10.9 Å². The van der Waals surface area contributed by atoms with Gasteiger partial charge in [0.15, 0.2) is 11.6 Å². The van der Waals surface area contributed by atoms with Crippen LogP contribution in [-0.2, 0) is 11.8 Å². The molecule has 2 N–H and O–H groups in total. The first-order valence-corrected chi connectivity index (χ1v) is 8.18. The molecule has 128 valence electrons. The molecule has 0 amide bonds. The summed E-state index contributed by atoms with van der Waals surface area (Å²) in [5.41, 5.74) is 1.81. The third-order valence-corrected chi connectivity index (χ3v) is 4.56. The molecule has 8 heteroatoms. The molecule has 3 heterocycles. The van der Waals surface area contributed by atoms with Gasteiger partial charge < -0.3 is 9.51 Å². The fourth-order valence-electron chi connectivity index (χ4n) is 2.99. The van der Waals surface area contributed by atoms with E-state index in [0.717, 1.165) is 5.52 Å². The zero-order chi connectivity index (χ0) is 17.4. The predicted octanol–water partition coefficient (Wildman–Crippen LogP) is 2.74. The second-order valence-corrected chi connectivity index (χ2v) is 6.77. The van der Waals surface area contributed by atoms with E-state index in [-0.39, 0.29) is 5.92 Å². The Hall–Kier alpha value is -3.03. The van der Waals surface area contributed by atoms with Crippen molar-refractivity contribution in [3.8, 4) is 0 Å². The van der Waals surface area contributed by atoms with E-state index in [1.807, 2.05) is 26.0 Å². The van der Waals surface area contributed by atoms with Crippen LogP contribution >= 0.6 is 0 Å². The van der Waals surface area contributed by atoms with Gasteiger partial charge in [-0.3, -0.25) is 0 Å². The van der Waals surface area contributed by atoms with Crippen LogP contribution in [0, 0.1) is 0 Å². The van der Waals surface area contributed by atoms with Gasteiger partial charge in [0.1, 0.15) is 0 Å². The fourth-order valence-corrected chi connectivity index (χ4v) is 2.99. The summed E-state index contributed by atoms with van der Waals surface area (Å²) in [6, 6.07) is 8.27. The monoisotopic (exact) mass is 337 g/mol. The SMILES string of the molecule is CC(Cc1nc(C(C)(C)c2nn[nH]n2)no1)c1c[nH]c2ccccc12. The highest BCUT2D eigenvalue weighted by atomic mass is 16.5. The number of aromatic nitrogens is 7. The predicted molar refractivity (Wildman–Crippen MR) is 91.0 cm³/mol. The molecule has 0 aliphatic rings. The number of hydrogen-bond donors (Lipinski definition) is 2. The van der Waals surface area contributed by atoms with Gasteiger partial charge in [0.25, 0.3) is 0 Å². The zero-order valence-corrected chi connectivity index (χ0v) is 14.3. The molecular weight excluding hydrogens is 318 g/mol. The van der Waals surface area contributed by atoms with Gasteiger partial charge in [-0.1, -0.05) is 35.5 Å². The summed E-state index contributed by atoms with van der Waals surface area (Å²) >= 11 is 0. The molecule has 0 radical (unpaired) electrons. The summed E-state index contributed by atoms with van der Waals surface area (Å²) in [4.78, 5) is 7.87. The van der Waals surface area contributed by atoms with Gasteiger partial charge in [-0.15, -0.1) is 10.2 Å². The molecule has 0 fully saturated rings. The zero-order valence-electron chi connectivity index (χ0n) is 14.3. The standard InChI is InChI=1S/C17H19N7O/c1-10(12-9-18-13-7-5-4-6-11(12)13)8-14-19-15(22-25-14)17(2,3)16-20-23-24-21-16/h4-7,9-10,18H,8H2,1-3H3,(H,20,21,23,24). The molecule has 0 aliphatic heterocycles. The average molecular weight is 337 g/mol. The highest BCUT2D eigenvalue weighted by Gasteiger charge is 2.33. The summed E-state index contributed by atoms with van der Waals surface area (Å²) in [5.74, 6) is 1.93. The van der Waals surface area contributed by atoms with Crippen molar-refractivity contribution in [2.45, 2.75) is 38.5 Å². The van der Waals surface area contributed by atoms with Crippen molar-refractivity contribution in [3.05, 3.63) is 53.6 Å². The van der Waals surface area contributed by atoms with Gasteiger partial charge in [-0.05, 0) is 31.4 Å². The summed E-state index contributed by atoms with van der Waals surface area (Å²) in [5, 5.41) is 19.5. The maximum atomic E-state index is 5.47. The normalized spacial score (nSPS) is 13.4. The number of H-pyrrole nitrogens is 2. The number of rotatable bonds is 5. The second kappa shape index (κ2) is 5.80. The molecule has 4 aromatic rings. The van der Waals surface area contributed by atoms with Crippen LogP contribution in [0.25, 0.3) is 10.9 Å². The van der Waals surface area contributed by atoms with E-state index in [2.05, 4.69) is 61.0 Å². The second-order valence-electron chi connectivity index (χ2n) is 6.77. The molecule has 8 nitrogen and oxygen atoms in total. The topological polar surface area (TPSA) is 109 Å². The summed E-state index contributed by atoms with van der Waals surface area (Å²) in [7, 11) is 0. The largest absolute Gasteiger partial charge is 0.361 e. The maximum Gasteiger partial charge on any atom is 0.227 e. The minimum Gasteiger partial charge on any atom is -0.361 e. The molecule has 1 aromatic carbocycles. The van der Waals surface area contributed by atoms with Gasteiger partial charge in [0.05, 0.1) is 5.41 Å². The Morgan fingerprint density at radius 2 is 2.04 bits per heavy atom. The molecule has 0 saturated heterocycles. The third kappa shape index (κ3) is 2.69. The Morgan fingerprint density at radius 1 is 1.20 bits per heavy atom. The first-order chi connectivity index (χ1) is 12.1. The Balaban J connectivity index is 1.57. The lowest BCUT2D eigenvalue weighted by atomic mass is 9.92. The number of benzene rings is 1. The van der Waals surface area contributed by atoms with E-state index >= 15 is 0 Å². The molecule has 0 bridgehead atoms. The van der Waals surface area contributed by atoms with Crippen molar-refractivity contribution in [2.75, 3.05) is 0 Å². The highest BCUT2D eigenvalue weighted by molar-refractivity contribution is 5.83. The Morgan fingerprint density at radius 3 is 2.84 bits per heavy atom. The molecule has 3 aromatic heterocycles. The lowest BCUT2D eigenvalue weighted by Gasteiger charge is -2.14. The minimum absolute atomic E-state index is 0.248. The molecule has 1 atom stereocenters. The number of aromatic amines is 2. The van der Waals surface area contributed by atoms with E-state index in [9.17, 15) is 0 Å². The molecule has 0 saturated carbocycles. The minimum atomic E-state index is -0.571. The summed E-state index contributed by atoms with van der Waals surface area (Å²) in [6.45, 7) is 6.04. The fraction of sp³-hybridized carbons (Fsp3) is 0.353. The van der Waals surface area contributed by atoms with Crippen molar-refractivity contribution in [1.29, 1.82) is 0 Å². The summed E-state index contributed by atoms with van der Waals surface area (Å²) < 4.78 is 5.47. The van der Waals surface area contributed by atoms with Gasteiger partial charge in [-0.25, -0.2) is 0 Å². The van der Waals surface area contributed by atoms with Gasteiger partial charge in [-0.2, -0.15) is 10.2 Å². The Bertz CT molecular complexity index is 983. The smallest absolute Gasteiger partial charge is 0.227 e. The van der Waals surface area contributed by atoms with Crippen molar-refractivity contribution >= 4 is 10.9 Å². The van der Waals surface area contributed by atoms with Crippen LogP contribution in [0.1, 0.15) is 49.8 Å². The third-order valence-electron chi connectivity index (χ3n) is 4.56. The van der Waals surface area contributed by atoms with Crippen LogP contribution in [0.2, 0.25) is 0 Å². The van der Waals surface area contributed by atoms with E-state index < -0.39 is 5.41 Å². The van der Waals surface area contributed by atoms with Gasteiger partial charge in [0.2, 0.25) is 5.89 Å². The van der Waals surface area contributed by atoms with Gasteiger partial charge >= 0.3 is 0 Å². The van der Waals surface area contributed by atoms with E-state index in [1.54, 1.807) is 0 Å². The van der Waals surface area contributed by atoms with E-state index in [0.29, 0.717) is 24.0 Å². The number of hydrogen-bond acceptors (Lipinski definition) is 6. The summed E-state index contributed by atoms with van der Waals surface area (Å²) in [6.07, 6.45) is 2.72. The van der Waals surface area contributed by atoms with Crippen molar-refractivity contribution in [2.24, 2.45) is 0 Å². The number of fused-ring (bicyclic) bond motifs is 1. The van der Waals surface area contributed by atoms with Crippen molar-refractivity contribution in [1.82, 2.24) is 35.7 Å². The highest BCUT2D eigenvalue weighted by Crippen LogP contribution is 2.29. The van der Waals surface area contributed by atoms with Crippen LogP contribution in [0.15, 0.2) is 35.0 Å². The lowest BCUT2D eigenvalue weighted by Crippen LogP contribution is -2.22. The Kier molecular flexibility index (Phi) is 3.60. The van der Waals surface area contributed by atoms with Gasteiger partial charge in [0, 0.05) is 23.5 Å². The molecule has 4 rings (SSSR count). The first-order valence-electron chi connectivity index (χ1n) is 8.18. The Labute approximate surface area is 144 Å². The quantitative estimate of drug-likeness (QED) is 0.579. The number of nitrogens with zero attached hydrogens (tertiary/aromatic N) is 5. The van der Waals surface area contributed by atoms with Crippen molar-refractivity contribution in [3.63, 3.8) is 0 Å². The van der Waals surface area contributed by atoms with E-state index in [4.69, 9.17) is 4.52 Å². The number of tetrazole rings is 1. The first kappa shape index (κ1) is 15.5. The molecule has 0 spiro atoms. The molecule has 0 aliphatic carbocycles.